The standard InChI is InChI=1S/C15H21FN2O2S/c1-21-10-12-8-13(16)3-2-11(12)9-18-14(19)15(17)4-6-20-7-5-15/h2-3,8H,4-7,9-10,17H2,1H3,(H,18,19). The topological polar surface area (TPSA) is 64.4 Å². The molecule has 0 unspecified atom stereocenters. The molecule has 2 rings (SSSR count). The monoisotopic (exact) mass is 312 g/mol. The van der Waals surface area contributed by atoms with Crippen LogP contribution in [0, 0.1) is 5.82 Å². The van der Waals surface area contributed by atoms with Crippen LogP contribution in [0.1, 0.15) is 24.0 Å². The number of rotatable bonds is 5. The Kier molecular flexibility index (Phi) is 5.61. The molecule has 0 aromatic heterocycles. The van der Waals surface area contributed by atoms with E-state index >= 15 is 0 Å². The molecule has 1 aliphatic rings. The minimum absolute atomic E-state index is 0.162. The Morgan fingerprint density at radius 2 is 2.14 bits per heavy atom. The molecule has 0 spiro atoms. The number of nitrogens with two attached hydrogens (primary N) is 1. The van der Waals surface area contributed by atoms with Crippen molar-refractivity contribution >= 4 is 17.7 Å². The number of halogens is 1. The van der Waals surface area contributed by atoms with E-state index in [-0.39, 0.29) is 11.7 Å². The van der Waals surface area contributed by atoms with Crippen LogP contribution in [0.3, 0.4) is 0 Å². The average molecular weight is 312 g/mol. The van der Waals surface area contributed by atoms with Gasteiger partial charge in [0.2, 0.25) is 5.91 Å². The highest BCUT2D eigenvalue weighted by Gasteiger charge is 2.35. The fourth-order valence-corrected chi connectivity index (χ4v) is 2.95. The Balaban J connectivity index is 2.00. The Morgan fingerprint density at radius 3 is 2.81 bits per heavy atom. The molecule has 1 saturated heterocycles. The summed E-state index contributed by atoms with van der Waals surface area (Å²) in [7, 11) is 0. The summed E-state index contributed by atoms with van der Waals surface area (Å²) in [6.45, 7) is 1.39. The zero-order valence-corrected chi connectivity index (χ0v) is 13.0. The molecule has 1 aliphatic heterocycles. The Hall–Kier alpha value is -1.11. The number of hydrogen-bond donors (Lipinski definition) is 2. The van der Waals surface area contributed by atoms with E-state index in [0.717, 1.165) is 11.1 Å². The van der Waals surface area contributed by atoms with Crippen molar-refractivity contribution in [2.45, 2.75) is 30.7 Å². The zero-order valence-electron chi connectivity index (χ0n) is 12.2. The van der Waals surface area contributed by atoms with Crippen molar-refractivity contribution in [2.75, 3.05) is 19.5 Å². The van der Waals surface area contributed by atoms with Crippen molar-refractivity contribution in [1.82, 2.24) is 5.32 Å². The number of carbonyl (C=O) groups is 1. The minimum Gasteiger partial charge on any atom is -0.381 e. The second-order valence-electron chi connectivity index (χ2n) is 5.30. The number of hydrogen-bond acceptors (Lipinski definition) is 4. The van der Waals surface area contributed by atoms with Crippen LogP contribution in [0.4, 0.5) is 4.39 Å². The first-order valence-corrected chi connectivity index (χ1v) is 8.36. The smallest absolute Gasteiger partial charge is 0.240 e. The lowest BCUT2D eigenvalue weighted by molar-refractivity contribution is -0.129. The summed E-state index contributed by atoms with van der Waals surface area (Å²) in [6.07, 6.45) is 3.02. The quantitative estimate of drug-likeness (QED) is 0.870. The highest BCUT2D eigenvalue weighted by Crippen LogP contribution is 2.19. The second kappa shape index (κ2) is 7.24. The molecule has 0 radical (unpaired) electrons. The van der Waals surface area contributed by atoms with Gasteiger partial charge in [0.05, 0.1) is 5.54 Å². The molecule has 21 heavy (non-hydrogen) atoms. The van der Waals surface area contributed by atoms with E-state index in [2.05, 4.69) is 5.32 Å². The number of ether oxygens (including phenoxy) is 1. The SMILES string of the molecule is CSCc1cc(F)ccc1CNC(=O)C1(N)CCOCC1. The fraction of sp³-hybridized carbons (Fsp3) is 0.533. The van der Waals surface area contributed by atoms with Gasteiger partial charge in [-0.2, -0.15) is 11.8 Å². The average Bonchev–Trinajstić information content (AvgIpc) is 2.47. The molecule has 116 valence electrons. The van der Waals surface area contributed by atoms with E-state index in [1.807, 2.05) is 6.26 Å². The molecule has 4 nitrogen and oxygen atoms in total. The Morgan fingerprint density at radius 1 is 1.43 bits per heavy atom. The molecule has 1 aromatic rings. The second-order valence-corrected chi connectivity index (χ2v) is 6.16. The van der Waals surface area contributed by atoms with E-state index in [1.165, 1.54) is 12.1 Å². The summed E-state index contributed by atoms with van der Waals surface area (Å²) < 4.78 is 18.5. The van der Waals surface area contributed by atoms with Gasteiger partial charge >= 0.3 is 0 Å². The van der Waals surface area contributed by atoms with Gasteiger partial charge in [0.1, 0.15) is 5.82 Å². The van der Waals surface area contributed by atoms with Gasteiger partial charge in [-0.1, -0.05) is 6.07 Å². The van der Waals surface area contributed by atoms with Crippen molar-refractivity contribution in [3.63, 3.8) is 0 Å². The Bertz CT molecular complexity index is 504. The van der Waals surface area contributed by atoms with E-state index in [4.69, 9.17) is 10.5 Å². The third kappa shape index (κ3) is 4.18. The zero-order chi connectivity index (χ0) is 15.3. The number of carbonyl (C=O) groups excluding carboxylic acids is 1. The molecule has 1 aromatic carbocycles. The van der Waals surface area contributed by atoms with Crippen LogP contribution in [0.15, 0.2) is 18.2 Å². The van der Waals surface area contributed by atoms with Crippen molar-refractivity contribution in [3.8, 4) is 0 Å². The molecule has 1 amide bonds. The predicted octanol–water partition coefficient (Wildman–Crippen LogP) is 1.81. The van der Waals surface area contributed by atoms with E-state index < -0.39 is 5.54 Å². The summed E-state index contributed by atoms with van der Waals surface area (Å²) in [5.41, 5.74) is 7.11. The maximum absolute atomic E-state index is 13.3. The number of benzene rings is 1. The van der Waals surface area contributed by atoms with Gasteiger partial charge in [0.25, 0.3) is 0 Å². The first-order valence-electron chi connectivity index (χ1n) is 6.96. The number of nitrogens with one attached hydrogen (secondary N) is 1. The molecule has 0 saturated carbocycles. The molecular weight excluding hydrogens is 291 g/mol. The maximum Gasteiger partial charge on any atom is 0.240 e. The van der Waals surface area contributed by atoms with Gasteiger partial charge in [0.15, 0.2) is 0 Å². The lowest BCUT2D eigenvalue weighted by Crippen LogP contribution is -2.56. The van der Waals surface area contributed by atoms with Crippen LogP contribution in [0.25, 0.3) is 0 Å². The summed E-state index contributed by atoms with van der Waals surface area (Å²) >= 11 is 1.62. The summed E-state index contributed by atoms with van der Waals surface area (Å²) in [5.74, 6) is 0.295. The van der Waals surface area contributed by atoms with Crippen LogP contribution in [-0.2, 0) is 21.8 Å². The first-order chi connectivity index (χ1) is 10.0. The lowest BCUT2D eigenvalue weighted by atomic mass is 9.90. The third-order valence-electron chi connectivity index (χ3n) is 3.74. The summed E-state index contributed by atoms with van der Waals surface area (Å²) in [6, 6.07) is 4.65. The van der Waals surface area contributed by atoms with Crippen LogP contribution in [-0.4, -0.2) is 30.9 Å². The number of amides is 1. The lowest BCUT2D eigenvalue weighted by Gasteiger charge is -2.31. The van der Waals surface area contributed by atoms with Crippen molar-refractivity contribution < 1.29 is 13.9 Å². The molecule has 0 bridgehead atoms. The van der Waals surface area contributed by atoms with Crippen LogP contribution in [0.5, 0.6) is 0 Å². The van der Waals surface area contributed by atoms with Crippen molar-refractivity contribution in [3.05, 3.63) is 35.1 Å². The molecule has 3 N–H and O–H groups in total. The summed E-state index contributed by atoms with van der Waals surface area (Å²) in [5, 5.41) is 2.88. The summed E-state index contributed by atoms with van der Waals surface area (Å²) in [4.78, 5) is 12.3. The van der Waals surface area contributed by atoms with Crippen LogP contribution < -0.4 is 11.1 Å². The largest absolute Gasteiger partial charge is 0.381 e. The highest BCUT2D eigenvalue weighted by molar-refractivity contribution is 7.97. The Labute approximate surface area is 128 Å². The molecule has 0 aliphatic carbocycles. The van der Waals surface area contributed by atoms with Crippen molar-refractivity contribution in [2.24, 2.45) is 5.73 Å². The predicted molar refractivity (Wildman–Crippen MR) is 82.4 cm³/mol. The van der Waals surface area contributed by atoms with Crippen LogP contribution in [0.2, 0.25) is 0 Å². The van der Waals surface area contributed by atoms with E-state index in [9.17, 15) is 9.18 Å². The molecule has 6 heteroatoms. The molecule has 1 heterocycles. The van der Waals surface area contributed by atoms with Gasteiger partial charge in [-0.3, -0.25) is 4.79 Å². The van der Waals surface area contributed by atoms with Crippen molar-refractivity contribution in [1.29, 1.82) is 0 Å². The maximum atomic E-state index is 13.3. The third-order valence-corrected chi connectivity index (χ3v) is 4.34. The fourth-order valence-electron chi connectivity index (χ4n) is 2.37. The van der Waals surface area contributed by atoms with E-state index in [1.54, 1.807) is 17.8 Å². The van der Waals surface area contributed by atoms with Gasteiger partial charge < -0.3 is 15.8 Å². The number of thioether (sulfide) groups is 1. The molecule has 1 fully saturated rings. The molecular formula is C15H21FN2O2S. The van der Waals surface area contributed by atoms with Gasteiger partial charge in [-0.05, 0) is 42.4 Å². The first kappa shape index (κ1) is 16.3. The van der Waals surface area contributed by atoms with Gasteiger partial charge in [-0.25, -0.2) is 4.39 Å². The van der Waals surface area contributed by atoms with Gasteiger partial charge in [0, 0.05) is 25.5 Å². The molecule has 0 atom stereocenters. The van der Waals surface area contributed by atoms with E-state index in [0.29, 0.717) is 38.4 Å². The highest BCUT2D eigenvalue weighted by atomic mass is 32.2. The minimum atomic E-state index is -0.849. The van der Waals surface area contributed by atoms with Crippen LogP contribution >= 0.6 is 11.8 Å². The van der Waals surface area contributed by atoms with Gasteiger partial charge in [-0.15, -0.1) is 0 Å². The normalized spacial score (nSPS) is 17.5.